The number of hydrogen-bond acceptors (Lipinski definition) is 7. The first kappa shape index (κ1) is 18.4. The topological polar surface area (TPSA) is 93.4 Å². The number of pyridine rings is 1. The maximum Gasteiger partial charge on any atom is 0.297 e. The van der Waals surface area contributed by atoms with Crippen LogP contribution in [0.4, 0.5) is 5.13 Å². The van der Waals surface area contributed by atoms with Crippen molar-refractivity contribution in [2.45, 2.75) is 19.9 Å². The highest BCUT2D eigenvalue weighted by molar-refractivity contribution is 7.17. The van der Waals surface area contributed by atoms with Crippen LogP contribution in [0.3, 0.4) is 0 Å². The minimum Gasteiger partial charge on any atom is -0.450 e. The predicted octanol–water partition coefficient (Wildman–Crippen LogP) is 3.91. The summed E-state index contributed by atoms with van der Waals surface area (Å²) >= 11 is 1.13. The van der Waals surface area contributed by atoms with Gasteiger partial charge in [0.05, 0.1) is 27.6 Å². The van der Waals surface area contributed by atoms with E-state index in [0.717, 1.165) is 11.3 Å². The van der Waals surface area contributed by atoms with E-state index in [1.54, 1.807) is 55.7 Å². The molecule has 4 heterocycles. The molecule has 1 aliphatic rings. The molecule has 0 N–H and O–H groups in total. The van der Waals surface area contributed by atoms with Gasteiger partial charge in [0.1, 0.15) is 5.58 Å². The fourth-order valence-electron chi connectivity index (χ4n) is 3.78. The number of aromatic nitrogens is 2. The van der Waals surface area contributed by atoms with Crippen molar-refractivity contribution < 1.29 is 14.0 Å². The molecule has 0 bridgehead atoms. The molecule has 0 fully saturated rings. The number of nitrogens with zero attached hydrogens (tertiary/aromatic N) is 3. The maximum absolute atomic E-state index is 13.4. The van der Waals surface area contributed by atoms with E-state index in [9.17, 15) is 14.4 Å². The van der Waals surface area contributed by atoms with E-state index in [1.165, 1.54) is 11.8 Å². The summed E-state index contributed by atoms with van der Waals surface area (Å²) < 4.78 is 5.88. The Morgan fingerprint density at radius 2 is 1.97 bits per heavy atom. The summed E-state index contributed by atoms with van der Waals surface area (Å²) in [7, 11) is 0. The fourth-order valence-corrected chi connectivity index (χ4v) is 4.77. The van der Waals surface area contributed by atoms with Crippen molar-refractivity contribution in [1.29, 1.82) is 0 Å². The van der Waals surface area contributed by atoms with Crippen molar-refractivity contribution in [2.75, 3.05) is 4.90 Å². The smallest absolute Gasteiger partial charge is 0.297 e. The van der Waals surface area contributed by atoms with Gasteiger partial charge in [-0.2, -0.15) is 0 Å². The summed E-state index contributed by atoms with van der Waals surface area (Å²) in [5, 5.41) is 0.742. The molecule has 5 rings (SSSR count). The lowest BCUT2D eigenvalue weighted by atomic mass is 10.0. The van der Waals surface area contributed by atoms with Crippen molar-refractivity contribution in [1.82, 2.24) is 9.97 Å². The molecule has 3 aromatic heterocycles. The first-order valence-electron chi connectivity index (χ1n) is 9.25. The van der Waals surface area contributed by atoms with Crippen LogP contribution in [0, 0.1) is 6.92 Å². The number of thiazole rings is 1. The minimum atomic E-state index is -0.743. The lowest BCUT2D eigenvalue weighted by molar-refractivity contribution is 0.0969. The normalized spacial score (nSPS) is 15.6. The molecule has 1 aliphatic heterocycles. The molecular weight excluding hydrogens is 402 g/mol. The van der Waals surface area contributed by atoms with Crippen LogP contribution in [0.1, 0.15) is 50.0 Å². The Morgan fingerprint density at radius 1 is 1.17 bits per heavy atom. The monoisotopic (exact) mass is 417 g/mol. The van der Waals surface area contributed by atoms with Gasteiger partial charge in [0.2, 0.25) is 5.76 Å². The Hall–Kier alpha value is -3.65. The van der Waals surface area contributed by atoms with Crippen LogP contribution in [-0.2, 0) is 0 Å². The van der Waals surface area contributed by atoms with Gasteiger partial charge in [-0.15, -0.1) is 0 Å². The van der Waals surface area contributed by atoms with Crippen molar-refractivity contribution in [2.24, 2.45) is 0 Å². The highest BCUT2D eigenvalue weighted by Gasteiger charge is 2.45. The molecule has 0 saturated carbocycles. The quantitative estimate of drug-likeness (QED) is 0.469. The largest absolute Gasteiger partial charge is 0.450 e. The maximum atomic E-state index is 13.4. The van der Waals surface area contributed by atoms with Gasteiger partial charge in [-0.1, -0.05) is 29.5 Å². The fraction of sp³-hybridized carbons (Fsp3) is 0.136. The number of Topliss-reactive ketones (excluding diaryl/α,β-unsaturated/α-hetero) is 1. The average molecular weight is 417 g/mol. The third-order valence-corrected chi connectivity index (χ3v) is 6.35. The lowest BCUT2D eigenvalue weighted by Gasteiger charge is -2.22. The molecule has 0 saturated heterocycles. The number of hydrogen-bond donors (Lipinski definition) is 0. The minimum absolute atomic E-state index is 0.00946. The van der Waals surface area contributed by atoms with Crippen molar-refractivity contribution in [3.8, 4) is 0 Å². The second-order valence-electron chi connectivity index (χ2n) is 7.00. The summed E-state index contributed by atoms with van der Waals surface area (Å²) in [4.78, 5) is 49.3. The van der Waals surface area contributed by atoms with Gasteiger partial charge in [-0.3, -0.25) is 24.3 Å². The van der Waals surface area contributed by atoms with Gasteiger partial charge in [-0.05, 0) is 30.7 Å². The summed E-state index contributed by atoms with van der Waals surface area (Å²) in [6, 6.07) is 9.64. The van der Waals surface area contributed by atoms with E-state index >= 15 is 0 Å². The molecule has 0 aliphatic carbocycles. The van der Waals surface area contributed by atoms with Crippen LogP contribution in [0.5, 0.6) is 0 Å². The molecule has 148 valence electrons. The molecule has 1 aromatic carbocycles. The zero-order valence-electron chi connectivity index (χ0n) is 16.1. The summed E-state index contributed by atoms with van der Waals surface area (Å²) in [6.45, 7) is 3.18. The Balaban J connectivity index is 1.80. The van der Waals surface area contributed by atoms with Crippen molar-refractivity contribution in [3.63, 3.8) is 0 Å². The average Bonchev–Trinajstić information content (AvgIpc) is 3.27. The molecule has 1 atom stereocenters. The molecule has 1 amide bonds. The molecule has 8 heteroatoms. The third kappa shape index (κ3) is 2.61. The number of carbonyl (C=O) groups is 2. The van der Waals surface area contributed by atoms with Gasteiger partial charge < -0.3 is 4.42 Å². The highest BCUT2D eigenvalue weighted by Crippen LogP contribution is 2.42. The number of aryl methyl sites for hydroxylation is 1. The van der Waals surface area contributed by atoms with Crippen LogP contribution in [0.2, 0.25) is 0 Å². The molecule has 4 aromatic rings. The van der Waals surface area contributed by atoms with E-state index in [2.05, 4.69) is 9.97 Å². The highest BCUT2D eigenvalue weighted by atomic mass is 32.1. The van der Waals surface area contributed by atoms with Crippen molar-refractivity contribution in [3.05, 3.63) is 86.5 Å². The van der Waals surface area contributed by atoms with Crippen LogP contribution in [-0.4, -0.2) is 21.7 Å². The van der Waals surface area contributed by atoms with Gasteiger partial charge >= 0.3 is 0 Å². The molecule has 0 spiro atoms. The predicted molar refractivity (Wildman–Crippen MR) is 112 cm³/mol. The van der Waals surface area contributed by atoms with E-state index in [4.69, 9.17) is 4.42 Å². The zero-order valence-corrected chi connectivity index (χ0v) is 16.9. The van der Waals surface area contributed by atoms with Gasteiger partial charge in [0.15, 0.2) is 16.3 Å². The number of fused-ring (bicyclic) bond motifs is 2. The third-order valence-electron chi connectivity index (χ3n) is 5.09. The molecule has 0 radical (unpaired) electrons. The number of benzene rings is 1. The van der Waals surface area contributed by atoms with Gasteiger partial charge in [0, 0.05) is 19.3 Å². The first-order chi connectivity index (χ1) is 14.5. The standard InChI is InChI=1S/C22H15N3O4S/c1-11-20(12(2)26)30-22(24-11)25-17(13-6-5-9-23-10-13)16-18(27)14-7-3-4-8-15(14)29-19(16)21(25)28/h3-10,17H,1-2H3. The Labute approximate surface area is 174 Å². The first-order valence-corrected chi connectivity index (χ1v) is 10.1. The Morgan fingerprint density at radius 3 is 2.67 bits per heavy atom. The van der Waals surface area contributed by atoms with E-state index in [-0.39, 0.29) is 22.5 Å². The summed E-state index contributed by atoms with van der Waals surface area (Å²) in [6.07, 6.45) is 3.23. The molecular formula is C22H15N3O4S. The molecule has 30 heavy (non-hydrogen) atoms. The van der Waals surface area contributed by atoms with Crippen LogP contribution < -0.4 is 10.3 Å². The Kier molecular flexibility index (Phi) is 4.11. The van der Waals surface area contributed by atoms with Crippen LogP contribution in [0.25, 0.3) is 11.0 Å². The Bertz CT molecular complexity index is 1390. The van der Waals surface area contributed by atoms with Crippen molar-refractivity contribution >= 4 is 39.1 Å². The van der Waals surface area contributed by atoms with Gasteiger partial charge in [-0.25, -0.2) is 4.98 Å². The van der Waals surface area contributed by atoms with Crippen LogP contribution in [0.15, 0.2) is 58.0 Å². The number of anilines is 1. The lowest BCUT2D eigenvalue weighted by Crippen LogP contribution is -2.29. The van der Waals surface area contributed by atoms with E-state index < -0.39 is 11.9 Å². The summed E-state index contributed by atoms with van der Waals surface area (Å²) in [5.41, 5.74) is 1.53. The number of amides is 1. The number of rotatable bonds is 3. The number of para-hydroxylation sites is 1. The summed E-state index contributed by atoms with van der Waals surface area (Å²) in [5.74, 6) is -0.603. The van der Waals surface area contributed by atoms with Gasteiger partial charge in [0.25, 0.3) is 5.91 Å². The van der Waals surface area contributed by atoms with Crippen LogP contribution >= 0.6 is 11.3 Å². The van der Waals surface area contributed by atoms with E-state index in [0.29, 0.717) is 32.2 Å². The number of carbonyl (C=O) groups excluding carboxylic acids is 2. The van der Waals surface area contributed by atoms with E-state index in [1.807, 2.05) is 0 Å². The second-order valence-corrected chi connectivity index (χ2v) is 7.98. The second kappa shape index (κ2) is 6.70. The number of ketones is 1. The molecule has 7 nitrogen and oxygen atoms in total. The zero-order chi connectivity index (χ0) is 21.0. The molecule has 1 unspecified atom stereocenters. The SMILES string of the molecule is CC(=O)c1sc(N2C(=O)c3oc4ccccc4c(=O)c3C2c2cccnc2)nc1C.